The van der Waals surface area contributed by atoms with Gasteiger partial charge in [0, 0.05) is 36.2 Å². The zero-order chi connectivity index (χ0) is 18.5. The number of hydrogen-bond donors (Lipinski definition) is 0. The van der Waals surface area contributed by atoms with Crippen LogP contribution in [0.15, 0.2) is 53.0 Å². The molecule has 2 amide bonds. The second kappa shape index (κ2) is 8.45. The van der Waals surface area contributed by atoms with Crippen LogP contribution in [0.3, 0.4) is 0 Å². The molecule has 0 bridgehead atoms. The molecular weight excluding hydrogens is 399 g/mol. The van der Waals surface area contributed by atoms with E-state index in [1.807, 2.05) is 18.2 Å². The van der Waals surface area contributed by atoms with E-state index in [0.29, 0.717) is 31.7 Å². The minimum absolute atomic E-state index is 0.00774. The number of carbonyl (C=O) groups is 2. The molecule has 3 rings (SSSR count). The summed E-state index contributed by atoms with van der Waals surface area (Å²) in [6.45, 7) is 2.29. The maximum atomic E-state index is 13.0. The Labute approximate surface area is 160 Å². The second-order valence-corrected chi connectivity index (χ2v) is 7.26. The summed E-state index contributed by atoms with van der Waals surface area (Å²) >= 11 is 3.39. The summed E-state index contributed by atoms with van der Waals surface area (Å²) in [6, 6.07) is 13.3. The highest BCUT2D eigenvalue weighted by molar-refractivity contribution is 9.10. The molecule has 136 valence electrons. The molecule has 1 aliphatic heterocycles. The van der Waals surface area contributed by atoms with E-state index in [4.69, 9.17) is 0 Å². The molecule has 0 aliphatic carbocycles. The van der Waals surface area contributed by atoms with Gasteiger partial charge in [-0.25, -0.2) is 4.39 Å². The molecule has 0 saturated carbocycles. The minimum Gasteiger partial charge on any atom is -0.341 e. The van der Waals surface area contributed by atoms with Gasteiger partial charge in [0.15, 0.2) is 0 Å². The van der Waals surface area contributed by atoms with Gasteiger partial charge in [-0.3, -0.25) is 9.59 Å². The van der Waals surface area contributed by atoms with Crippen molar-refractivity contribution < 1.29 is 14.0 Å². The van der Waals surface area contributed by atoms with Crippen LogP contribution in [0.1, 0.15) is 22.3 Å². The number of nitrogens with zero attached hydrogens (tertiary/aromatic N) is 2. The Morgan fingerprint density at radius 1 is 0.962 bits per heavy atom. The molecule has 0 N–H and O–H groups in total. The Kier molecular flexibility index (Phi) is 6.04. The van der Waals surface area contributed by atoms with Gasteiger partial charge in [0.05, 0.1) is 6.42 Å². The molecular formula is C20H20BrFN2O2. The van der Waals surface area contributed by atoms with Crippen molar-refractivity contribution in [1.82, 2.24) is 9.80 Å². The lowest BCUT2D eigenvalue weighted by Gasteiger charge is -2.22. The summed E-state index contributed by atoms with van der Waals surface area (Å²) in [5, 5.41) is 0. The predicted molar refractivity (Wildman–Crippen MR) is 101 cm³/mol. The quantitative estimate of drug-likeness (QED) is 0.764. The van der Waals surface area contributed by atoms with Crippen molar-refractivity contribution in [2.75, 3.05) is 26.2 Å². The van der Waals surface area contributed by atoms with Crippen LogP contribution in [0.5, 0.6) is 0 Å². The number of carbonyl (C=O) groups excluding carboxylic acids is 2. The Hall–Kier alpha value is -2.21. The van der Waals surface area contributed by atoms with Crippen LogP contribution >= 0.6 is 15.9 Å². The van der Waals surface area contributed by atoms with Gasteiger partial charge in [0.2, 0.25) is 5.91 Å². The normalized spacial score (nSPS) is 14.8. The van der Waals surface area contributed by atoms with Crippen molar-refractivity contribution in [2.24, 2.45) is 0 Å². The Morgan fingerprint density at radius 2 is 1.65 bits per heavy atom. The molecule has 2 aromatic rings. The lowest BCUT2D eigenvalue weighted by Crippen LogP contribution is -2.38. The molecule has 26 heavy (non-hydrogen) atoms. The lowest BCUT2D eigenvalue weighted by molar-refractivity contribution is -0.130. The molecule has 1 heterocycles. The molecule has 0 atom stereocenters. The molecule has 2 aromatic carbocycles. The van der Waals surface area contributed by atoms with Gasteiger partial charge >= 0.3 is 0 Å². The van der Waals surface area contributed by atoms with Gasteiger partial charge in [-0.1, -0.05) is 34.1 Å². The van der Waals surface area contributed by atoms with Crippen molar-refractivity contribution >= 4 is 27.7 Å². The molecule has 0 spiro atoms. The summed E-state index contributed by atoms with van der Waals surface area (Å²) in [5.74, 6) is -0.315. The van der Waals surface area contributed by atoms with Crippen molar-refractivity contribution in [3.63, 3.8) is 0 Å². The van der Waals surface area contributed by atoms with Crippen LogP contribution in [-0.2, 0) is 11.2 Å². The van der Waals surface area contributed by atoms with Crippen molar-refractivity contribution in [3.8, 4) is 0 Å². The van der Waals surface area contributed by atoms with Crippen molar-refractivity contribution in [1.29, 1.82) is 0 Å². The van der Waals surface area contributed by atoms with E-state index < -0.39 is 0 Å². The summed E-state index contributed by atoms with van der Waals surface area (Å²) in [5.41, 5.74) is 1.44. The molecule has 1 fully saturated rings. The van der Waals surface area contributed by atoms with Gasteiger partial charge in [-0.2, -0.15) is 0 Å². The van der Waals surface area contributed by atoms with E-state index in [0.717, 1.165) is 16.5 Å². The number of halogens is 2. The summed E-state index contributed by atoms with van der Waals surface area (Å²) in [6.07, 6.45) is 0.995. The summed E-state index contributed by atoms with van der Waals surface area (Å²) in [7, 11) is 0. The maximum absolute atomic E-state index is 13.0. The Balaban J connectivity index is 1.59. The van der Waals surface area contributed by atoms with Crippen LogP contribution in [-0.4, -0.2) is 47.8 Å². The second-order valence-electron chi connectivity index (χ2n) is 6.34. The van der Waals surface area contributed by atoms with E-state index in [2.05, 4.69) is 15.9 Å². The highest BCUT2D eigenvalue weighted by Gasteiger charge is 2.23. The van der Waals surface area contributed by atoms with E-state index in [-0.39, 0.29) is 24.1 Å². The van der Waals surface area contributed by atoms with Crippen LogP contribution in [0.4, 0.5) is 4.39 Å². The Bertz CT molecular complexity index is 795. The van der Waals surface area contributed by atoms with E-state index in [9.17, 15) is 14.0 Å². The van der Waals surface area contributed by atoms with Gasteiger partial charge in [0.1, 0.15) is 5.82 Å². The first-order valence-electron chi connectivity index (χ1n) is 8.60. The predicted octanol–water partition coefficient (Wildman–Crippen LogP) is 3.51. The number of hydrogen-bond acceptors (Lipinski definition) is 2. The van der Waals surface area contributed by atoms with Gasteiger partial charge in [-0.05, 0) is 42.3 Å². The monoisotopic (exact) mass is 418 g/mol. The van der Waals surface area contributed by atoms with Crippen LogP contribution < -0.4 is 0 Å². The molecule has 0 radical (unpaired) electrons. The molecule has 1 aliphatic rings. The van der Waals surface area contributed by atoms with Crippen LogP contribution in [0, 0.1) is 5.82 Å². The lowest BCUT2D eigenvalue weighted by atomic mass is 10.1. The Morgan fingerprint density at radius 3 is 2.38 bits per heavy atom. The fourth-order valence-electron chi connectivity index (χ4n) is 3.06. The first-order valence-corrected chi connectivity index (χ1v) is 9.39. The van der Waals surface area contributed by atoms with Gasteiger partial charge in [0.25, 0.3) is 5.91 Å². The molecule has 1 saturated heterocycles. The molecule has 0 aromatic heterocycles. The highest BCUT2D eigenvalue weighted by Crippen LogP contribution is 2.15. The fourth-order valence-corrected chi connectivity index (χ4v) is 3.46. The van der Waals surface area contributed by atoms with Crippen LogP contribution in [0.2, 0.25) is 0 Å². The van der Waals surface area contributed by atoms with E-state index in [1.165, 1.54) is 12.1 Å². The maximum Gasteiger partial charge on any atom is 0.253 e. The zero-order valence-electron chi connectivity index (χ0n) is 14.3. The molecule has 0 unspecified atom stereocenters. The van der Waals surface area contributed by atoms with E-state index >= 15 is 0 Å². The highest BCUT2D eigenvalue weighted by atomic mass is 79.9. The third-order valence-corrected chi connectivity index (χ3v) is 4.97. The third kappa shape index (κ3) is 4.69. The number of benzene rings is 2. The van der Waals surface area contributed by atoms with Crippen molar-refractivity contribution in [3.05, 3.63) is 69.9 Å². The smallest absolute Gasteiger partial charge is 0.253 e. The number of rotatable bonds is 3. The van der Waals surface area contributed by atoms with Gasteiger partial charge < -0.3 is 9.80 Å². The molecule has 4 nitrogen and oxygen atoms in total. The first kappa shape index (κ1) is 18.6. The van der Waals surface area contributed by atoms with Gasteiger partial charge in [-0.15, -0.1) is 0 Å². The SMILES string of the molecule is O=C(Cc1ccc(F)cc1)N1CCCN(C(=O)c2cccc(Br)c2)CC1. The number of amides is 2. The zero-order valence-corrected chi connectivity index (χ0v) is 15.9. The molecule has 6 heteroatoms. The minimum atomic E-state index is -0.308. The standard InChI is InChI=1S/C20H20BrFN2O2/c21-17-4-1-3-16(14-17)20(26)24-10-2-9-23(11-12-24)19(25)13-15-5-7-18(22)8-6-15/h1,3-8,14H,2,9-13H2. The average molecular weight is 419 g/mol. The fraction of sp³-hybridized carbons (Fsp3) is 0.300. The topological polar surface area (TPSA) is 40.6 Å². The average Bonchev–Trinajstić information content (AvgIpc) is 2.89. The first-order chi connectivity index (χ1) is 12.5. The summed E-state index contributed by atoms with van der Waals surface area (Å²) < 4.78 is 13.9. The summed E-state index contributed by atoms with van der Waals surface area (Å²) in [4.78, 5) is 28.8. The van der Waals surface area contributed by atoms with E-state index in [1.54, 1.807) is 28.0 Å². The van der Waals surface area contributed by atoms with Crippen molar-refractivity contribution in [2.45, 2.75) is 12.8 Å². The largest absolute Gasteiger partial charge is 0.341 e. The van der Waals surface area contributed by atoms with Crippen LogP contribution in [0.25, 0.3) is 0 Å². The third-order valence-electron chi connectivity index (χ3n) is 4.48.